The molecule has 1 aromatic heterocycles. The number of carboxylic acid groups (broad SMARTS) is 1. The second kappa shape index (κ2) is 3.77. The number of carbonyl (C=O) groups is 2. The van der Waals surface area contributed by atoms with Crippen LogP contribution in [0.5, 0.6) is 0 Å². The Bertz CT molecular complexity index is 380. The number of halogens is 2. The summed E-state index contributed by atoms with van der Waals surface area (Å²) < 4.78 is 13.0. The number of hydrogen-bond donors (Lipinski definition) is 0. The molecule has 0 aliphatic rings. The van der Waals surface area contributed by atoms with Crippen molar-refractivity contribution in [3.05, 3.63) is 27.3 Å². The van der Waals surface area contributed by atoms with Gasteiger partial charge in [-0.1, -0.05) is 0 Å². The van der Waals surface area contributed by atoms with Gasteiger partial charge in [0.25, 0.3) is 0 Å². The van der Waals surface area contributed by atoms with Crippen molar-refractivity contribution >= 4 is 34.3 Å². The van der Waals surface area contributed by atoms with E-state index in [1.807, 2.05) is 0 Å². The number of carbonyl (C=O) groups excluding carboxylic acids is 2. The highest BCUT2D eigenvalue weighted by Gasteiger charge is 2.14. The summed E-state index contributed by atoms with van der Waals surface area (Å²) in [6.07, 6.45) is 1.15. The molecule has 1 heterocycles. The molecule has 0 aliphatic heterocycles. The molecule has 0 aromatic carbocycles. The smallest absolute Gasteiger partial charge is 0.211 e. The van der Waals surface area contributed by atoms with Gasteiger partial charge in [-0.15, -0.1) is 0 Å². The lowest BCUT2D eigenvalue weighted by Gasteiger charge is -2.02. The van der Waals surface area contributed by atoms with Crippen molar-refractivity contribution in [3.8, 4) is 0 Å². The predicted molar refractivity (Wildman–Crippen MR) is 46.2 cm³/mol. The van der Waals surface area contributed by atoms with Crippen molar-refractivity contribution in [2.75, 3.05) is 0 Å². The Morgan fingerprint density at radius 3 is 2.69 bits per heavy atom. The van der Waals surface area contributed by atoms with Crippen LogP contribution in [0, 0.1) is 9.52 Å². The lowest BCUT2D eigenvalue weighted by Crippen LogP contribution is -2.32. The third-order valence-electron chi connectivity index (χ3n) is 1.28. The van der Waals surface area contributed by atoms with Gasteiger partial charge in [0.2, 0.25) is 5.78 Å². The maximum absolute atomic E-state index is 13.0. The van der Waals surface area contributed by atoms with Crippen molar-refractivity contribution in [1.82, 2.24) is 4.98 Å². The lowest BCUT2D eigenvalue weighted by molar-refractivity contribution is -0.296. The number of hydrogen-bond acceptors (Lipinski definition) is 4. The van der Waals surface area contributed by atoms with Crippen LogP contribution >= 0.6 is 22.6 Å². The monoisotopic (exact) mass is 294 g/mol. The van der Waals surface area contributed by atoms with Gasteiger partial charge in [0, 0.05) is 6.20 Å². The maximum atomic E-state index is 13.0. The first-order valence-corrected chi connectivity index (χ1v) is 4.17. The van der Waals surface area contributed by atoms with Gasteiger partial charge in [0.1, 0.15) is 9.67 Å². The number of pyridine rings is 1. The van der Waals surface area contributed by atoms with Gasteiger partial charge < -0.3 is 9.90 Å². The molecule has 0 aliphatic carbocycles. The van der Waals surface area contributed by atoms with Gasteiger partial charge >= 0.3 is 0 Å². The molecule has 0 spiro atoms. The van der Waals surface area contributed by atoms with Crippen molar-refractivity contribution in [3.63, 3.8) is 0 Å². The van der Waals surface area contributed by atoms with Gasteiger partial charge in [-0.25, -0.2) is 9.37 Å². The van der Waals surface area contributed by atoms with Crippen LogP contribution in [-0.4, -0.2) is 16.7 Å². The molecule has 0 N–H and O–H groups in total. The van der Waals surface area contributed by atoms with E-state index in [1.165, 1.54) is 0 Å². The fourth-order valence-corrected chi connectivity index (χ4v) is 1.15. The largest absolute Gasteiger partial charge is 0.541 e. The Balaban J connectivity index is 3.23. The highest BCUT2D eigenvalue weighted by Crippen LogP contribution is 2.12. The number of aromatic nitrogens is 1. The quantitative estimate of drug-likeness (QED) is 0.327. The number of carboxylic acids is 1. The molecule has 13 heavy (non-hydrogen) atoms. The molecule has 0 fully saturated rings. The second-order valence-electron chi connectivity index (χ2n) is 2.08. The molecule has 1 rings (SSSR count). The fourth-order valence-electron chi connectivity index (χ4n) is 0.704. The molecular formula is C7H2FINO3-. The van der Waals surface area contributed by atoms with Crippen LogP contribution in [0.1, 0.15) is 10.4 Å². The van der Waals surface area contributed by atoms with Gasteiger partial charge in [-0.05, 0) is 28.7 Å². The van der Waals surface area contributed by atoms with Crippen LogP contribution < -0.4 is 5.11 Å². The van der Waals surface area contributed by atoms with E-state index in [0.717, 1.165) is 12.3 Å². The van der Waals surface area contributed by atoms with E-state index in [-0.39, 0.29) is 3.70 Å². The van der Waals surface area contributed by atoms with Gasteiger partial charge in [0.15, 0.2) is 5.82 Å². The molecular weight excluding hydrogens is 292 g/mol. The standard InChI is InChI=1S/C7H3FINO3/c8-4-3(5(11)7(12)13)1-2-10-6(4)9/h1-2H,(H,12,13)/p-1. The van der Waals surface area contributed by atoms with E-state index in [0.29, 0.717) is 0 Å². The second-order valence-corrected chi connectivity index (χ2v) is 3.10. The summed E-state index contributed by atoms with van der Waals surface area (Å²) in [5, 5.41) is 10.1. The summed E-state index contributed by atoms with van der Waals surface area (Å²) >= 11 is 1.56. The predicted octanol–water partition coefficient (Wildman–Crippen LogP) is -0.242. The van der Waals surface area contributed by atoms with E-state index >= 15 is 0 Å². The number of aliphatic carboxylic acids is 1. The molecule has 0 amide bonds. The third-order valence-corrected chi connectivity index (χ3v) is 2.03. The van der Waals surface area contributed by atoms with Crippen molar-refractivity contribution in [2.45, 2.75) is 0 Å². The van der Waals surface area contributed by atoms with E-state index in [4.69, 9.17) is 0 Å². The Morgan fingerprint density at radius 1 is 1.54 bits per heavy atom. The highest BCUT2D eigenvalue weighted by atomic mass is 127. The summed E-state index contributed by atoms with van der Waals surface area (Å²) in [6.45, 7) is 0. The van der Waals surface area contributed by atoms with E-state index < -0.39 is 23.1 Å². The summed E-state index contributed by atoms with van der Waals surface area (Å²) in [4.78, 5) is 24.4. The SMILES string of the molecule is O=C([O-])C(=O)c1ccnc(I)c1F. The summed E-state index contributed by atoms with van der Waals surface area (Å²) in [5.41, 5.74) is -0.528. The average Bonchev–Trinajstić information content (AvgIpc) is 2.08. The first-order chi connectivity index (χ1) is 6.04. The first kappa shape index (κ1) is 10.0. The summed E-state index contributed by atoms with van der Waals surface area (Å²) in [6, 6.07) is 0.996. The third kappa shape index (κ3) is 2.00. The average molecular weight is 294 g/mol. The molecule has 0 bridgehead atoms. The van der Waals surface area contributed by atoms with Crippen LogP contribution in [0.2, 0.25) is 0 Å². The zero-order valence-electron chi connectivity index (χ0n) is 6.08. The van der Waals surface area contributed by atoms with Crippen LogP contribution in [0.3, 0.4) is 0 Å². The maximum Gasteiger partial charge on any atom is 0.211 e. The van der Waals surface area contributed by atoms with E-state index in [2.05, 4.69) is 4.98 Å². The Kier molecular flexibility index (Phi) is 2.91. The summed E-state index contributed by atoms with van der Waals surface area (Å²) in [5.74, 6) is -4.24. The molecule has 0 radical (unpaired) electrons. The lowest BCUT2D eigenvalue weighted by atomic mass is 10.2. The van der Waals surface area contributed by atoms with Crippen molar-refractivity contribution < 1.29 is 19.1 Å². The number of nitrogens with zero attached hydrogens (tertiary/aromatic N) is 1. The summed E-state index contributed by atoms with van der Waals surface area (Å²) in [7, 11) is 0. The minimum Gasteiger partial charge on any atom is -0.541 e. The van der Waals surface area contributed by atoms with E-state index in [9.17, 15) is 19.1 Å². The zero-order valence-corrected chi connectivity index (χ0v) is 8.24. The topological polar surface area (TPSA) is 70.1 Å². The Labute approximate surface area is 85.9 Å². The molecule has 0 unspecified atom stereocenters. The van der Waals surface area contributed by atoms with Crippen LogP contribution in [0.25, 0.3) is 0 Å². The van der Waals surface area contributed by atoms with E-state index in [1.54, 1.807) is 22.6 Å². The van der Waals surface area contributed by atoms with Crippen molar-refractivity contribution in [2.24, 2.45) is 0 Å². The Hall–Kier alpha value is -1.05. The Morgan fingerprint density at radius 2 is 2.15 bits per heavy atom. The number of Topliss-reactive ketones (excluding diaryl/α,β-unsaturated/α-hetero) is 1. The van der Waals surface area contributed by atoms with Crippen LogP contribution in [-0.2, 0) is 4.79 Å². The van der Waals surface area contributed by atoms with Gasteiger partial charge in [-0.3, -0.25) is 4.79 Å². The number of ketones is 1. The molecule has 4 nitrogen and oxygen atoms in total. The molecule has 1 aromatic rings. The minimum absolute atomic E-state index is 0.0512. The molecule has 68 valence electrons. The van der Waals surface area contributed by atoms with Crippen LogP contribution in [0.4, 0.5) is 4.39 Å². The molecule has 0 saturated carbocycles. The highest BCUT2D eigenvalue weighted by molar-refractivity contribution is 14.1. The molecule has 0 atom stereocenters. The van der Waals surface area contributed by atoms with Crippen molar-refractivity contribution in [1.29, 1.82) is 0 Å². The first-order valence-electron chi connectivity index (χ1n) is 3.09. The molecule has 0 saturated heterocycles. The van der Waals surface area contributed by atoms with Gasteiger partial charge in [-0.2, -0.15) is 0 Å². The molecule has 6 heteroatoms. The normalized spacial score (nSPS) is 9.69. The zero-order chi connectivity index (χ0) is 10.0. The number of rotatable bonds is 2. The van der Waals surface area contributed by atoms with Crippen LogP contribution in [0.15, 0.2) is 12.3 Å². The fraction of sp³-hybridized carbons (Fsp3) is 0. The minimum atomic E-state index is -1.93. The van der Waals surface area contributed by atoms with Gasteiger partial charge in [0.05, 0.1) is 5.56 Å².